The van der Waals surface area contributed by atoms with E-state index >= 15 is 0 Å². The smallest absolute Gasteiger partial charge is 0.0794 e. The van der Waals surface area contributed by atoms with Gasteiger partial charge in [-0.2, -0.15) is 0 Å². The van der Waals surface area contributed by atoms with Gasteiger partial charge in [-0.3, -0.25) is 4.90 Å². The zero-order valence-corrected chi connectivity index (χ0v) is 10.0. The molecule has 88 valence electrons. The average molecular weight is 227 g/mol. The fraction of sp³-hybridized carbons (Fsp3) is 0.333. The second-order valence-electron chi connectivity index (χ2n) is 4.89. The van der Waals surface area contributed by atoms with Crippen molar-refractivity contribution in [2.24, 2.45) is 0 Å². The van der Waals surface area contributed by atoms with E-state index in [0.29, 0.717) is 6.04 Å². The van der Waals surface area contributed by atoms with Gasteiger partial charge in [0.05, 0.1) is 6.10 Å². The molecule has 0 bridgehead atoms. The number of likely N-dealkylation sites (tertiary alicyclic amines) is 1. The average Bonchev–Trinajstić information content (AvgIpc) is 2.33. The molecule has 1 atom stereocenters. The Kier molecular flexibility index (Phi) is 2.61. The molecule has 2 nitrogen and oxygen atoms in total. The number of β-amino-alcohol motifs (C(OH)–C–C–N with tert-alkyl or cyclic N) is 1. The van der Waals surface area contributed by atoms with Gasteiger partial charge in [0.2, 0.25) is 0 Å². The molecule has 0 aliphatic carbocycles. The third-order valence-corrected chi connectivity index (χ3v) is 3.69. The van der Waals surface area contributed by atoms with Crippen LogP contribution < -0.4 is 0 Å². The monoisotopic (exact) mass is 227 g/mol. The summed E-state index contributed by atoms with van der Waals surface area (Å²) >= 11 is 0. The molecule has 1 aliphatic heterocycles. The third kappa shape index (κ3) is 1.94. The summed E-state index contributed by atoms with van der Waals surface area (Å²) in [7, 11) is 0. The summed E-state index contributed by atoms with van der Waals surface area (Å²) < 4.78 is 0. The van der Waals surface area contributed by atoms with E-state index in [0.717, 1.165) is 13.1 Å². The van der Waals surface area contributed by atoms with Crippen LogP contribution in [-0.2, 0) is 0 Å². The lowest BCUT2D eigenvalue weighted by Crippen LogP contribution is -2.51. The quantitative estimate of drug-likeness (QED) is 0.852. The molecule has 0 radical (unpaired) electrons. The van der Waals surface area contributed by atoms with Crippen LogP contribution >= 0.6 is 0 Å². The third-order valence-electron chi connectivity index (χ3n) is 3.69. The van der Waals surface area contributed by atoms with Crippen molar-refractivity contribution in [1.29, 1.82) is 0 Å². The fourth-order valence-electron chi connectivity index (χ4n) is 2.48. The highest BCUT2D eigenvalue weighted by atomic mass is 16.3. The van der Waals surface area contributed by atoms with E-state index in [1.54, 1.807) is 0 Å². The van der Waals surface area contributed by atoms with Crippen molar-refractivity contribution in [3.8, 4) is 0 Å². The topological polar surface area (TPSA) is 23.5 Å². The Morgan fingerprint density at radius 3 is 2.53 bits per heavy atom. The van der Waals surface area contributed by atoms with Gasteiger partial charge in [-0.05, 0) is 29.3 Å². The lowest BCUT2D eigenvalue weighted by atomic mass is 9.99. The van der Waals surface area contributed by atoms with Gasteiger partial charge in [-0.25, -0.2) is 0 Å². The van der Waals surface area contributed by atoms with Crippen molar-refractivity contribution in [2.45, 2.75) is 19.1 Å². The first-order chi connectivity index (χ1) is 8.24. The minimum Gasteiger partial charge on any atom is -0.390 e. The summed E-state index contributed by atoms with van der Waals surface area (Å²) in [4.78, 5) is 2.30. The molecule has 1 N–H and O–H groups in total. The molecule has 2 aromatic carbocycles. The lowest BCUT2D eigenvalue weighted by molar-refractivity contribution is -0.0211. The Hall–Kier alpha value is -1.38. The summed E-state index contributed by atoms with van der Waals surface area (Å²) in [6, 6.07) is 15.4. The predicted molar refractivity (Wildman–Crippen MR) is 69.9 cm³/mol. The predicted octanol–water partition coefficient (Wildman–Crippen LogP) is 2.58. The van der Waals surface area contributed by atoms with Crippen LogP contribution in [0.1, 0.15) is 18.5 Å². The molecule has 2 heteroatoms. The summed E-state index contributed by atoms with van der Waals surface area (Å²) in [5.74, 6) is 0. The van der Waals surface area contributed by atoms with Crippen molar-refractivity contribution in [3.63, 3.8) is 0 Å². The van der Waals surface area contributed by atoms with Crippen molar-refractivity contribution < 1.29 is 5.11 Å². The molecule has 0 unspecified atom stereocenters. The highest BCUT2D eigenvalue weighted by Gasteiger charge is 2.29. The Labute approximate surface area is 101 Å². The number of hydrogen-bond donors (Lipinski definition) is 1. The van der Waals surface area contributed by atoms with Gasteiger partial charge in [0.15, 0.2) is 0 Å². The Morgan fingerprint density at radius 2 is 1.82 bits per heavy atom. The number of nitrogens with zero attached hydrogens (tertiary/aromatic N) is 1. The molecule has 0 amide bonds. The van der Waals surface area contributed by atoms with Crippen LogP contribution in [0.15, 0.2) is 42.5 Å². The van der Waals surface area contributed by atoms with Gasteiger partial charge in [0.25, 0.3) is 0 Å². The molecule has 0 aromatic heterocycles. The van der Waals surface area contributed by atoms with Crippen molar-refractivity contribution in [1.82, 2.24) is 4.90 Å². The number of fused-ring (bicyclic) bond motifs is 1. The Balaban J connectivity index is 1.90. The van der Waals surface area contributed by atoms with E-state index in [9.17, 15) is 5.11 Å². The maximum absolute atomic E-state index is 9.34. The first-order valence-electron chi connectivity index (χ1n) is 6.15. The number of aliphatic hydroxyl groups excluding tert-OH is 1. The molecule has 17 heavy (non-hydrogen) atoms. The molecular formula is C15H17NO. The van der Waals surface area contributed by atoms with E-state index < -0.39 is 0 Å². The van der Waals surface area contributed by atoms with Crippen molar-refractivity contribution in [2.75, 3.05) is 13.1 Å². The van der Waals surface area contributed by atoms with Gasteiger partial charge < -0.3 is 5.11 Å². The van der Waals surface area contributed by atoms with Crippen LogP contribution in [0.3, 0.4) is 0 Å². The number of rotatable bonds is 2. The van der Waals surface area contributed by atoms with Gasteiger partial charge in [-0.1, -0.05) is 36.4 Å². The zero-order valence-electron chi connectivity index (χ0n) is 10.0. The largest absolute Gasteiger partial charge is 0.390 e. The Bertz CT molecular complexity index is 531. The maximum atomic E-state index is 9.34. The van der Waals surface area contributed by atoms with E-state index in [2.05, 4.69) is 54.3 Å². The standard InChI is InChI=1S/C15H17NO/c1-11(16-9-15(17)10-16)13-7-6-12-4-2-3-5-14(12)8-13/h2-8,11,15,17H,9-10H2,1H3/t11-/m0/s1. The molecule has 1 saturated heterocycles. The van der Waals surface area contributed by atoms with Crippen LogP contribution in [0.25, 0.3) is 10.8 Å². The summed E-state index contributed by atoms with van der Waals surface area (Å²) in [5.41, 5.74) is 1.33. The fourth-order valence-corrected chi connectivity index (χ4v) is 2.48. The Morgan fingerprint density at radius 1 is 1.12 bits per heavy atom. The first-order valence-corrected chi connectivity index (χ1v) is 6.15. The molecule has 2 aromatic rings. The van der Waals surface area contributed by atoms with Crippen LogP contribution in [0, 0.1) is 0 Å². The summed E-state index contributed by atoms with van der Waals surface area (Å²) in [6.45, 7) is 3.80. The number of benzene rings is 2. The maximum Gasteiger partial charge on any atom is 0.0794 e. The van der Waals surface area contributed by atoms with Gasteiger partial charge in [-0.15, -0.1) is 0 Å². The molecule has 3 rings (SSSR count). The summed E-state index contributed by atoms with van der Waals surface area (Å²) in [6.07, 6.45) is -0.127. The second-order valence-corrected chi connectivity index (χ2v) is 4.89. The van der Waals surface area contributed by atoms with E-state index in [-0.39, 0.29) is 6.10 Å². The van der Waals surface area contributed by atoms with Crippen LogP contribution in [0.5, 0.6) is 0 Å². The lowest BCUT2D eigenvalue weighted by Gasteiger charge is -2.40. The summed E-state index contributed by atoms with van der Waals surface area (Å²) in [5, 5.41) is 11.9. The van der Waals surface area contributed by atoms with E-state index in [4.69, 9.17) is 0 Å². The minimum atomic E-state index is -0.127. The van der Waals surface area contributed by atoms with Crippen LogP contribution in [-0.4, -0.2) is 29.2 Å². The van der Waals surface area contributed by atoms with Gasteiger partial charge in [0, 0.05) is 19.1 Å². The number of hydrogen-bond acceptors (Lipinski definition) is 2. The van der Waals surface area contributed by atoms with Crippen LogP contribution in [0.4, 0.5) is 0 Å². The zero-order chi connectivity index (χ0) is 11.8. The molecule has 0 spiro atoms. The second kappa shape index (κ2) is 4.13. The van der Waals surface area contributed by atoms with Crippen LogP contribution in [0.2, 0.25) is 0 Å². The van der Waals surface area contributed by atoms with Gasteiger partial charge >= 0.3 is 0 Å². The molecule has 0 saturated carbocycles. The van der Waals surface area contributed by atoms with Gasteiger partial charge in [0.1, 0.15) is 0 Å². The van der Waals surface area contributed by atoms with E-state index in [1.807, 2.05) is 0 Å². The number of aliphatic hydroxyl groups is 1. The normalized spacial score (nSPS) is 19.2. The van der Waals surface area contributed by atoms with E-state index in [1.165, 1.54) is 16.3 Å². The van der Waals surface area contributed by atoms with Crippen molar-refractivity contribution >= 4 is 10.8 Å². The molecule has 1 fully saturated rings. The SMILES string of the molecule is C[C@@H](c1ccc2ccccc2c1)N1CC(O)C1. The minimum absolute atomic E-state index is 0.127. The molecular weight excluding hydrogens is 210 g/mol. The van der Waals surface area contributed by atoms with Crippen molar-refractivity contribution in [3.05, 3.63) is 48.0 Å². The highest BCUT2D eigenvalue weighted by Crippen LogP contribution is 2.27. The molecule has 1 aliphatic rings. The molecule has 1 heterocycles. The highest BCUT2D eigenvalue weighted by molar-refractivity contribution is 5.83. The first kappa shape index (κ1) is 10.8.